The number of anilines is 1. The molecule has 3 unspecified atom stereocenters. The molecule has 1 aliphatic heterocycles. The SMILES string of the molecule is Cn1nccc1C(=O)NC(C(=O)Nc1cccc(C2(C(=O)NCC3(C)CCC3)CCOC2)c1)C(C1CC1)C12CC3CC(CC(C3)C1)C2. The third-order valence-corrected chi connectivity index (χ3v) is 13.3. The maximum Gasteiger partial charge on any atom is 0.270 e. The first kappa shape index (κ1) is 31.1. The van der Waals surface area contributed by atoms with Gasteiger partial charge in [-0.3, -0.25) is 19.1 Å². The van der Waals surface area contributed by atoms with Gasteiger partial charge < -0.3 is 20.7 Å². The van der Waals surface area contributed by atoms with Gasteiger partial charge in [0.25, 0.3) is 5.91 Å². The Hall–Kier alpha value is -3.20. The normalized spacial score (nSPS) is 33.1. The van der Waals surface area contributed by atoms with E-state index in [9.17, 15) is 14.4 Å². The van der Waals surface area contributed by atoms with Gasteiger partial charge in [-0.2, -0.15) is 5.10 Å². The molecule has 3 N–H and O–H groups in total. The number of aryl methyl sites for hydroxylation is 1. The highest BCUT2D eigenvalue weighted by molar-refractivity contribution is 6.01. The Kier molecular flexibility index (Phi) is 7.77. The molecule has 6 saturated carbocycles. The highest BCUT2D eigenvalue weighted by Gasteiger charge is 2.60. The minimum Gasteiger partial charge on any atom is -0.380 e. The molecule has 7 fully saturated rings. The number of hydrogen-bond donors (Lipinski definition) is 3. The Morgan fingerprint density at radius 2 is 1.74 bits per heavy atom. The van der Waals surface area contributed by atoms with E-state index in [-0.39, 0.29) is 34.5 Å². The molecule has 252 valence electrons. The van der Waals surface area contributed by atoms with Gasteiger partial charge in [0.15, 0.2) is 0 Å². The summed E-state index contributed by atoms with van der Waals surface area (Å²) in [6.45, 7) is 3.77. The van der Waals surface area contributed by atoms with Crippen LogP contribution in [0.1, 0.15) is 100 Å². The van der Waals surface area contributed by atoms with Gasteiger partial charge >= 0.3 is 0 Å². The summed E-state index contributed by atoms with van der Waals surface area (Å²) in [6.07, 6.45) is 15.5. The number of rotatable bonds is 11. The zero-order valence-corrected chi connectivity index (χ0v) is 28.1. The quantitative estimate of drug-likeness (QED) is 0.306. The van der Waals surface area contributed by atoms with Crippen molar-refractivity contribution in [3.8, 4) is 0 Å². The first-order chi connectivity index (χ1) is 22.7. The summed E-state index contributed by atoms with van der Waals surface area (Å²) in [7, 11) is 1.76. The molecule has 47 heavy (non-hydrogen) atoms. The second-order valence-corrected chi connectivity index (χ2v) is 16.7. The summed E-state index contributed by atoms with van der Waals surface area (Å²) in [6, 6.07) is 8.82. The molecule has 9 nitrogen and oxygen atoms in total. The molecule has 0 radical (unpaired) electrons. The van der Waals surface area contributed by atoms with Crippen molar-refractivity contribution in [3.05, 3.63) is 47.8 Å². The Labute approximate surface area is 278 Å². The lowest BCUT2D eigenvalue weighted by Crippen LogP contribution is -2.59. The van der Waals surface area contributed by atoms with Crippen LogP contribution in [0.4, 0.5) is 5.69 Å². The van der Waals surface area contributed by atoms with Gasteiger partial charge in [-0.25, -0.2) is 0 Å². The van der Waals surface area contributed by atoms with Crippen molar-refractivity contribution < 1.29 is 19.1 Å². The van der Waals surface area contributed by atoms with Crippen LogP contribution in [0.25, 0.3) is 0 Å². The molecule has 3 atom stereocenters. The van der Waals surface area contributed by atoms with E-state index in [1.807, 2.05) is 24.3 Å². The summed E-state index contributed by atoms with van der Waals surface area (Å²) >= 11 is 0. The number of nitrogens with one attached hydrogen (secondary N) is 3. The lowest BCUT2D eigenvalue weighted by atomic mass is 9.45. The van der Waals surface area contributed by atoms with Crippen molar-refractivity contribution in [3.63, 3.8) is 0 Å². The van der Waals surface area contributed by atoms with Crippen molar-refractivity contribution in [1.29, 1.82) is 0 Å². The van der Waals surface area contributed by atoms with Gasteiger partial charge in [-0.15, -0.1) is 0 Å². The Balaban J connectivity index is 1.08. The van der Waals surface area contributed by atoms with E-state index in [1.165, 1.54) is 44.9 Å². The predicted octanol–water partition coefficient (Wildman–Crippen LogP) is 5.36. The molecule has 1 aromatic heterocycles. The lowest BCUT2D eigenvalue weighted by Gasteiger charge is -2.60. The fourth-order valence-corrected chi connectivity index (χ4v) is 10.9. The van der Waals surface area contributed by atoms with Crippen LogP contribution < -0.4 is 16.0 Å². The van der Waals surface area contributed by atoms with E-state index in [0.29, 0.717) is 43.5 Å². The zero-order chi connectivity index (χ0) is 32.4. The van der Waals surface area contributed by atoms with Crippen LogP contribution in [-0.4, -0.2) is 53.3 Å². The molecule has 9 rings (SSSR count). The van der Waals surface area contributed by atoms with Crippen molar-refractivity contribution in [1.82, 2.24) is 20.4 Å². The topological polar surface area (TPSA) is 114 Å². The molecular weight excluding hydrogens is 590 g/mol. The van der Waals surface area contributed by atoms with Crippen LogP contribution in [0.5, 0.6) is 0 Å². The van der Waals surface area contributed by atoms with Crippen LogP contribution in [-0.2, 0) is 26.8 Å². The number of carbonyl (C=O) groups is 3. The van der Waals surface area contributed by atoms with Crippen molar-refractivity contribution in [2.75, 3.05) is 25.1 Å². The monoisotopic (exact) mass is 641 g/mol. The highest BCUT2D eigenvalue weighted by atomic mass is 16.5. The van der Waals surface area contributed by atoms with Gasteiger partial charge in [0.1, 0.15) is 11.7 Å². The van der Waals surface area contributed by atoms with E-state index in [1.54, 1.807) is 24.0 Å². The highest BCUT2D eigenvalue weighted by Crippen LogP contribution is 2.66. The minimum absolute atomic E-state index is 0.00327. The first-order valence-electron chi connectivity index (χ1n) is 18.2. The molecule has 1 saturated heterocycles. The largest absolute Gasteiger partial charge is 0.380 e. The zero-order valence-electron chi connectivity index (χ0n) is 28.1. The fourth-order valence-electron chi connectivity index (χ4n) is 10.9. The maximum atomic E-state index is 14.6. The van der Waals surface area contributed by atoms with Crippen LogP contribution >= 0.6 is 0 Å². The number of carbonyl (C=O) groups excluding carboxylic acids is 3. The second kappa shape index (κ2) is 11.7. The van der Waals surface area contributed by atoms with Gasteiger partial charge in [0, 0.05) is 32.1 Å². The summed E-state index contributed by atoms with van der Waals surface area (Å²) in [5.74, 6) is 2.38. The molecule has 7 aliphatic rings. The Morgan fingerprint density at radius 1 is 1.02 bits per heavy atom. The number of aromatic nitrogens is 2. The van der Waals surface area contributed by atoms with Crippen LogP contribution in [0.2, 0.25) is 0 Å². The number of benzene rings is 1. The Morgan fingerprint density at radius 3 is 2.32 bits per heavy atom. The van der Waals surface area contributed by atoms with Gasteiger partial charge in [-0.05, 0) is 135 Å². The minimum atomic E-state index is -0.788. The molecule has 3 amide bonds. The van der Waals surface area contributed by atoms with E-state index in [0.717, 1.165) is 49.0 Å². The van der Waals surface area contributed by atoms with Gasteiger partial charge in [-0.1, -0.05) is 25.5 Å². The molecule has 2 aromatic rings. The van der Waals surface area contributed by atoms with Gasteiger partial charge in [0.05, 0.1) is 12.0 Å². The first-order valence-corrected chi connectivity index (χ1v) is 18.2. The van der Waals surface area contributed by atoms with Crippen LogP contribution in [0, 0.1) is 40.4 Å². The number of nitrogens with zero attached hydrogens (tertiary/aromatic N) is 2. The van der Waals surface area contributed by atoms with Crippen LogP contribution in [0.15, 0.2) is 36.5 Å². The molecule has 6 aliphatic carbocycles. The Bertz CT molecular complexity index is 1500. The summed E-state index contributed by atoms with van der Waals surface area (Å²) in [5.41, 5.74) is 1.45. The van der Waals surface area contributed by atoms with Crippen molar-refractivity contribution in [2.45, 2.75) is 95.4 Å². The van der Waals surface area contributed by atoms with E-state index in [4.69, 9.17) is 4.74 Å². The summed E-state index contributed by atoms with van der Waals surface area (Å²) in [4.78, 5) is 42.2. The molecule has 1 aromatic carbocycles. The predicted molar refractivity (Wildman–Crippen MR) is 178 cm³/mol. The average molecular weight is 642 g/mol. The molecule has 4 bridgehead atoms. The smallest absolute Gasteiger partial charge is 0.270 e. The molecule has 0 spiro atoms. The second-order valence-electron chi connectivity index (χ2n) is 16.7. The van der Waals surface area contributed by atoms with Crippen LogP contribution in [0.3, 0.4) is 0 Å². The van der Waals surface area contributed by atoms with Gasteiger partial charge in [0.2, 0.25) is 11.8 Å². The molecular formula is C38H51N5O4. The van der Waals surface area contributed by atoms with E-state index < -0.39 is 11.5 Å². The van der Waals surface area contributed by atoms with E-state index >= 15 is 0 Å². The third-order valence-electron chi connectivity index (χ3n) is 13.3. The standard InChI is InChI=1S/C38H51N5O4/c1-36(10-4-11-36)22-39-35(46)38(12-14-47-23-38)28-5-3-6-29(18-28)41-34(45)32(42-33(44)30-9-13-40-43(30)2)31(27-7-8-27)37-19-24-15-25(20-37)17-26(16-24)21-37/h3,5-6,9,13,18,24-27,31-32H,4,7-8,10-12,14-17,19-23H2,1-2H3,(H,39,46)(H,41,45)(H,42,44). The average Bonchev–Trinajstić information content (AvgIpc) is 3.53. The number of amides is 3. The molecule has 9 heteroatoms. The summed E-state index contributed by atoms with van der Waals surface area (Å²) < 4.78 is 7.41. The lowest BCUT2D eigenvalue weighted by molar-refractivity contribution is -0.130. The summed E-state index contributed by atoms with van der Waals surface area (Å²) in [5, 5.41) is 14.0. The van der Waals surface area contributed by atoms with Crippen molar-refractivity contribution >= 4 is 23.4 Å². The van der Waals surface area contributed by atoms with E-state index in [2.05, 4.69) is 28.0 Å². The number of ether oxygens (including phenoxy) is 1. The van der Waals surface area contributed by atoms with Crippen molar-refractivity contribution in [2.24, 2.45) is 47.5 Å². The third kappa shape index (κ3) is 5.70. The maximum absolute atomic E-state index is 14.6. The number of hydrogen-bond acceptors (Lipinski definition) is 5. The fraction of sp³-hybridized carbons (Fsp3) is 0.684. The molecule has 2 heterocycles.